The zero-order valence-corrected chi connectivity index (χ0v) is 18.3. The number of hydrogen-bond donors (Lipinski definition) is 1. The number of likely N-dealkylation sites (tertiary alicyclic amines) is 1. The van der Waals surface area contributed by atoms with Gasteiger partial charge in [0.05, 0.1) is 29.3 Å². The number of benzene rings is 2. The number of ketones is 1. The van der Waals surface area contributed by atoms with Gasteiger partial charge in [-0.2, -0.15) is 0 Å². The molecular formula is C24H23ClFNO5. The standard InChI is InChI=1S/C24H23ClFNO5/c1-2-31-16-9-10-19(25)18(12-16)22(28)20-21(14-5-7-15(26)8-6-14)27(24(30)23(20)29)13-17-4-3-11-32-17/h5-10,12,17,21,28H,2-4,11,13H2,1H3/b22-20+. The lowest BCUT2D eigenvalue weighted by Gasteiger charge is -2.27. The molecule has 168 valence electrons. The van der Waals surface area contributed by atoms with Gasteiger partial charge in [-0.1, -0.05) is 23.7 Å². The van der Waals surface area contributed by atoms with E-state index >= 15 is 0 Å². The number of aliphatic hydroxyl groups excluding tert-OH is 1. The van der Waals surface area contributed by atoms with Gasteiger partial charge >= 0.3 is 0 Å². The third-order valence-corrected chi connectivity index (χ3v) is 5.98. The van der Waals surface area contributed by atoms with Crippen LogP contribution in [0.1, 0.15) is 36.9 Å². The second-order valence-electron chi connectivity index (χ2n) is 7.71. The summed E-state index contributed by atoms with van der Waals surface area (Å²) >= 11 is 6.31. The highest BCUT2D eigenvalue weighted by Crippen LogP contribution is 2.41. The average molecular weight is 460 g/mol. The third-order valence-electron chi connectivity index (χ3n) is 5.65. The van der Waals surface area contributed by atoms with Crippen molar-refractivity contribution in [2.45, 2.75) is 31.9 Å². The predicted molar refractivity (Wildman–Crippen MR) is 117 cm³/mol. The molecule has 1 amide bonds. The molecule has 8 heteroatoms. The van der Waals surface area contributed by atoms with Crippen molar-refractivity contribution < 1.29 is 28.6 Å². The maximum Gasteiger partial charge on any atom is 0.295 e. The summed E-state index contributed by atoms with van der Waals surface area (Å²) in [6.07, 6.45) is 1.43. The van der Waals surface area contributed by atoms with Crippen molar-refractivity contribution in [3.63, 3.8) is 0 Å². The summed E-state index contributed by atoms with van der Waals surface area (Å²) in [5.41, 5.74) is 0.581. The molecule has 2 unspecified atom stereocenters. The van der Waals surface area contributed by atoms with Crippen LogP contribution in [0.2, 0.25) is 5.02 Å². The number of ether oxygens (including phenoxy) is 2. The van der Waals surface area contributed by atoms with Crippen LogP contribution in [-0.4, -0.2) is 47.6 Å². The Kier molecular flexibility index (Phi) is 6.48. The highest BCUT2D eigenvalue weighted by Gasteiger charge is 2.47. The molecule has 2 aliphatic heterocycles. The van der Waals surface area contributed by atoms with E-state index in [2.05, 4.69) is 0 Å². The summed E-state index contributed by atoms with van der Waals surface area (Å²) in [6, 6.07) is 9.34. The first-order valence-corrected chi connectivity index (χ1v) is 10.9. The van der Waals surface area contributed by atoms with E-state index in [0.29, 0.717) is 24.5 Å². The highest BCUT2D eigenvalue weighted by atomic mass is 35.5. The molecule has 0 saturated carbocycles. The Morgan fingerprint density at radius 1 is 1.25 bits per heavy atom. The number of carbonyl (C=O) groups excluding carboxylic acids is 2. The van der Waals surface area contributed by atoms with Crippen LogP contribution in [0.3, 0.4) is 0 Å². The van der Waals surface area contributed by atoms with Crippen LogP contribution in [0, 0.1) is 5.82 Å². The Hall–Kier alpha value is -2.90. The Balaban J connectivity index is 1.84. The zero-order chi connectivity index (χ0) is 22.8. The van der Waals surface area contributed by atoms with Crippen LogP contribution in [0.25, 0.3) is 5.76 Å². The maximum absolute atomic E-state index is 13.6. The molecule has 0 aromatic heterocycles. The Labute approximate surface area is 190 Å². The Bertz CT molecular complexity index is 1060. The van der Waals surface area contributed by atoms with Gasteiger partial charge in [0, 0.05) is 18.7 Å². The fourth-order valence-electron chi connectivity index (χ4n) is 4.16. The van der Waals surface area contributed by atoms with Crippen LogP contribution >= 0.6 is 11.6 Å². The number of amides is 1. The fraction of sp³-hybridized carbons (Fsp3) is 0.333. The molecule has 2 atom stereocenters. The number of aliphatic hydroxyl groups is 1. The lowest BCUT2D eigenvalue weighted by atomic mass is 9.95. The van der Waals surface area contributed by atoms with Gasteiger partial charge in [-0.3, -0.25) is 9.59 Å². The second-order valence-corrected chi connectivity index (χ2v) is 8.12. The third kappa shape index (κ3) is 4.23. The number of Topliss-reactive ketones (excluding diaryl/α,β-unsaturated/α-hetero) is 1. The summed E-state index contributed by atoms with van der Waals surface area (Å²) in [4.78, 5) is 27.5. The molecule has 32 heavy (non-hydrogen) atoms. The quantitative estimate of drug-likeness (QED) is 0.391. The first kappa shape index (κ1) is 22.3. The van der Waals surface area contributed by atoms with Crippen molar-refractivity contribution in [3.05, 3.63) is 70.0 Å². The molecule has 0 spiro atoms. The molecular weight excluding hydrogens is 437 g/mol. The maximum atomic E-state index is 13.6. The topological polar surface area (TPSA) is 76.1 Å². The minimum absolute atomic E-state index is 0.102. The normalized spacial score (nSPS) is 22.5. The molecule has 2 aliphatic rings. The van der Waals surface area contributed by atoms with Gasteiger partial charge in [-0.25, -0.2) is 4.39 Å². The molecule has 4 rings (SSSR count). The fourth-order valence-corrected chi connectivity index (χ4v) is 4.36. The molecule has 1 N–H and O–H groups in total. The smallest absolute Gasteiger partial charge is 0.295 e. The summed E-state index contributed by atoms with van der Waals surface area (Å²) < 4.78 is 24.7. The van der Waals surface area contributed by atoms with Gasteiger partial charge in [0.1, 0.15) is 17.3 Å². The molecule has 2 fully saturated rings. The van der Waals surface area contributed by atoms with E-state index in [1.54, 1.807) is 12.1 Å². The van der Waals surface area contributed by atoms with E-state index in [1.165, 1.54) is 35.2 Å². The van der Waals surface area contributed by atoms with Gasteiger partial charge in [-0.05, 0) is 55.7 Å². The Morgan fingerprint density at radius 3 is 2.66 bits per heavy atom. The van der Waals surface area contributed by atoms with Crippen LogP contribution < -0.4 is 4.74 Å². The molecule has 2 aromatic rings. The number of carbonyl (C=O) groups is 2. The largest absolute Gasteiger partial charge is 0.507 e. The van der Waals surface area contributed by atoms with Crippen LogP contribution in [0.4, 0.5) is 4.39 Å². The van der Waals surface area contributed by atoms with Gasteiger partial charge in [0.15, 0.2) is 0 Å². The first-order chi connectivity index (χ1) is 15.4. The second kappa shape index (κ2) is 9.30. The minimum Gasteiger partial charge on any atom is -0.507 e. The number of nitrogens with zero attached hydrogens (tertiary/aromatic N) is 1. The molecule has 2 aromatic carbocycles. The summed E-state index contributed by atoms with van der Waals surface area (Å²) in [6.45, 7) is 3.01. The molecule has 0 aliphatic carbocycles. The van der Waals surface area contributed by atoms with E-state index in [4.69, 9.17) is 21.1 Å². The zero-order valence-electron chi connectivity index (χ0n) is 17.5. The lowest BCUT2D eigenvalue weighted by molar-refractivity contribution is -0.140. The monoisotopic (exact) mass is 459 g/mol. The van der Waals surface area contributed by atoms with Crippen molar-refractivity contribution in [2.75, 3.05) is 19.8 Å². The summed E-state index contributed by atoms with van der Waals surface area (Å²) in [5, 5.41) is 11.4. The minimum atomic E-state index is -0.897. The van der Waals surface area contributed by atoms with Gasteiger partial charge in [0.25, 0.3) is 11.7 Å². The van der Waals surface area contributed by atoms with Crippen LogP contribution in [0.15, 0.2) is 48.0 Å². The van der Waals surface area contributed by atoms with E-state index < -0.39 is 29.3 Å². The molecule has 2 saturated heterocycles. The number of halogens is 2. The van der Waals surface area contributed by atoms with Gasteiger partial charge in [-0.15, -0.1) is 0 Å². The predicted octanol–water partition coefficient (Wildman–Crippen LogP) is 4.48. The van der Waals surface area contributed by atoms with Gasteiger partial charge in [0.2, 0.25) is 0 Å². The van der Waals surface area contributed by atoms with Crippen molar-refractivity contribution in [1.29, 1.82) is 0 Å². The summed E-state index contributed by atoms with van der Waals surface area (Å²) in [5.74, 6) is -1.96. The van der Waals surface area contributed by atoms with Crippen molar-refractivity contribution in [1.82, 2.24) is 4.90 Å². The molecule has 2 heterocycles. The lowest BCUT2D eigenvalue weighted by Crippen LogP contribution is -2.36. The SMILES string of the molecule is CCOc1ccc(Cl)c(/C(O)=C2\C(=O)C(=O)N(CC3CCCO3)C2c2ccc(F)cc2)c1. The van der Waals surface area contributed by atoms with Crippen molar-refractivity contribution >= 4 is 29.1 Å². The van der Waals surface area contributed by atoms with E-state index in [-0.39, 0.29) is 28.8 Å². The van der Waals surface area contributed by atoms with Gasteiger partial charge < -0.3 is 19.5 Å². The van der Waals surface area contributed by atoms with Crippen molar-refractivity contribution in [2.24, 2.45) is 0 Å². The average Bonchev–Trinajstić information content (AvgIpc) is 3.38. The van der Waals surface area contributed by atoms with E-state index in [1.807, 2.05) is 6.92 Å². The first-order valence-electron chi connectivity index (χ1n) is 10.5. The van der Waals surface area contributed by atoms with Crippen LogP contribution in [-0.2, 0) is 14.3 Å². The molecule has 0 bridgehead atoms. The summed E-state index contributed by atoms with van der Waals surface area (Å²) in [7, 11) is 0. The van der Waals surface area contributed by atoms with E-state index in [9.17, 15) is 19.1 Å². The number of hydrogen-bond acceptors (Lipinski definition) is 5. The number of rotatable bonds is 6. The Morgan fingerprint density at radius 2 is 2.00 bits per heavy atom. The molecule has 6 nitrogen and oxygen atoms in total. The van der Waals surface area contributed by atoms with E-state index in [0.717, 1.165) is 12.8 Å². The van der Waals surface area contributed by atoms with Crippen molar-refractivity contribution in [3.8, 4) is 5.75 Å². The highest BCUT2D eigenvalue weighted by molar-refractivity contribution is 6.47. The molecule has 0 radical (unpaired) electrons. The van der Waals surface area contributed by atoms with Crippen LogP contribution in [0.5, 0.6) is 5.75 Å².